The van der Waals surface area contributed by atoms with Crippen LogP contribution in [0.25, 0.3) is 0 Å². The SMILES string of the molecule is CCSC(C)(C)C(=O)CC(=O)Nc1ccccn1. The standard InChI is InChI=1S/C13H18N2O2S/c1-4-18-13(2,3)10(16)9-12(17)15-11-7-5-6-8-14-11/h5-8H,4,9H2,1-3H3,(H,14,15,17). The van der Waals surface area contributed by atoms with Crippen LogP contribution in [0.15, 0.2) is 24.4 Å². The van der Waals surface area contributed by atoms with Crippen molar-refractivity contribution in [2.24, 2.45) is 0 Å². The molecule has 5 heteroatoms. The fourth-order valence-corrected chi connectivity index (χ4v) is 2.38. The first-order valence-corrected chi connectivity index (χ1v) is 6.82. The smallest absolute Gasteiger partial charge is 0.233 e. The lowest BCUT2D eigenvalue weighted by Gasteiger charge is -2.21. The van der Waals surface area contributed by atoms with E-state index in [0.717, 1.165) is 5.75 Å². The molecule has 1 rings (SSSR count). The van der Waals surface area contributed by atoms with Crippen LogP contribution in [-0.4, -0.2) is 27.2 Å². The van der Waals surface area contributed by atoms with Crippen molar-refractivity contribution in [3.05, 3.63) is 24.4 Å². The minimum absolute atomic E-state index is 0.0669. The Morgan fingerprint density at radius 1 is 1.39 bits per heavy atom. The third-order valence-electron chi connectivity index (χ3n) is 2.43. The molecule has 0 aliphatic heterocycles. The highest BCUT2D eigenvalue weighted by Crippen LogP contribution is 2.26. The zero-order chi connectivity index (χ0) is 13.6. The lowest BCUT2D eigenvalue weighted by Crippen LogP contribution is -2.31. The van der Waals surface area contributed by atoms with E-state index in [0.29, 0.717) is 5.82 Å². The van der Waals surface area contributed by atoms with Gasteiger partial charge in [0.05, 0.1) is 11.2 Å². The lowest BCUT2D eigenvalue weighted by molar-refractivity contribution is -0.126. The molecule has 1 aromatic rings. The first-order valence-electron chi connectivity index (χ1n) is 5.84. The van der Waals surface area contributed by atoms with E-state index in [2.05, 4.69) is 10.3 Å². The lowest BCUT2D eigenvalue weighted by atomic mass is 10.1. The predicted molar refractivity (Wildman–Crippen MR) is 74.7 cm³/mol. The molecule has 98 valence electrons. The molecule has 4 nitrogen and oxygen atoms in total. The molecule has 0 saturated carbocycles. The first-order chi connectivity index (χ1) is 8.45. The zero-order valence-corrected chi connectivity index (χ0v) is 11.7. The van der Waals surface area contributed by atoms with Crippen molar-refractivity contribution in [2.45, 2.75) is 31.9 Å². The fraction of sp³-hybridized carbons (Fsp3) is 0.462. The number of ketones is 1. The van der Waals surface area contributed by atoms with Crippen LogP contribution in [0.5, 0.6) is 0 Å². The number of carbonyl (C=O) groups is 2. The molecule has 0 aromatic carbocycles. The Kier molecular flexibility index (Phi) is 5.34. The van der Waals surface area contributed by atoms with Gasteiger partial charge < -0.3 is 5.32 Å². The molecule has 1 amide bonds. The van der Waals surface area contributed by atoms with Gasteiger partial charge in [0, 0.05) is 6.20 Å². The van der Waals surface area contributed by atoms with Crippen molar-refractivity contribution in [1.29, 1.82) is 0 Å². The number of anilines is 1. The number of Topliss-reactive ketones (excluding diaryl/α,β-unsaturated/α-hetero) is 1. The van der Waals surface area contributed by atoms with Gasteiger partial charge in [0.25, 0.3) is 0 Å². The second kappa shape index (κ2) is 6.54. The maximum Gasteiger partial charge on any atom is 0.233 e. The van der Waals surface area contributed by atoms with Gasteiger partial charge >= 0.3 is 0 Å². The summed E-state index contributed by atoms with van der Waals surface area (Å²) in [6.07, 6.45) is 1.48. The van der Waals surface area contributed by atoms with Gasteiger partial charge in [0.15, 0.2) is 5.78 Å². The van der Waals surface area contributed by atoms with E-state index in [4.69, 9.17) is 0 Å². The van der Waals surface area contributed by atoms with Crippen LogP contribution in [0.2, 0.25) is 0 Å². The van der Waals surface area contributed by atoms with Gasteiger partial charge in [0.1, 0.15) is 5.82 Å². The number of aromatic nitrogens is 1. The first kappa shape index (κ1) is 14.7. The molecule has 0 fully saturated rings. The summed E-state index contributed by atoms with van der Waals surface area (Å²) in [6.45, 7) is 5.68. The highest BCUT2D eigenvalue weighted by atomic mass is 32.2. The van der Waals surface area contributed by atoms with Gasteiger partial charge in [-0.1, -0.05) is 13.0 Å². The third kappa shape index (κ3) is 4.49. The van der Waals surface area contributed by atoms with Crippen molar-refractivity contribution in [3.8, 4) is 0 Å². The monoisotopic (exact) mass is 266 g/mol. The average molecular weight is 266 g/mol. The molecule has 0 aliphatic rings. The Hall–Kier alpha value is -1.36. The predicted octanol–water partition coefficient (Wildman–Crippen LogP) is 2.51. The summed E-state index contributed by atoms with van der Waals surface area (Å²) in [4.78, 5) is 27.6. The van der Waals surface area contributed by atoms with Crippen LogP contribution in [0.4, 0.5) is 5.82 Å². The average Bonchev–Trinajstić information content (AvgIpc) is 2.29. The summed E-state index contributed by atoms with van der Waals surface area (Å²) in [6, 6.07) is 5.23. The molecule has 0 spiro atoms. The van der Waals surface area contributed by atoms with Crippen LogP contribution in [0.3, 0.4) is 0 Å². The molecule has 0 unspecified atom stereocenters. The summed E-state index contributed by atoms with van der Waals surface area (Å²) in [5.74, 6) is 0.933. The zero-order valence-electron chi connectivity index (χ0n) is 10.9. The summed E-state index contributed by atoms with van der Waals surface area (Å²) >= 11 is 1.54. The molecule has 0 bridgehead atoms. The number of hydrogen-bond acceptors (Lipinski definition) is 4. The van der Waals surface area contributed by atoms with E-state index in [1.165, 1.54) is 0 Å². The van der Waals surface area contributed by atoms with Crippen LogP contribution in [0, 0.1) is 0 Å². The Labute approximate surface area is 112 Å². The Morgan fingerprint density at radius 3 is 2.67 bits per heavy atom. The fourth-order valence-electron chi connectivity index (χ4n) is 1.42. The second-order valence-corrected chi connectivity index (χ2v) is 6.19. The maximum atomic E-state index is 12.0. The van der Waals surface area contributed by atoms with Gasteiger partial charge in [-0.25, -0.2) is 4.98 Å². The maximum absolute atomic E-state index is 12.0. The van der Waals surface area contributed by atoms with Crippen LogP contribution in [0.1, 0.15) is 27.2 Å². The third-order valence-corrected chi connectivity index (χ3v) is 3.67. The number of amides is 1. The van der Waals surface area contributed by atoms with Gasteiger partial charge in [-0.05, 0) is 31.7 Å². The molecule has 0 atom stereocenters. The molecular formula is C13H18N2O2S. The minimum atomic E-state index is -0.518. The largest absolute Gasteiger partial charge is 0.310 e. The van der Waals surface area contributed by atoms with Crippen LogP contribution in [-0.2, 0) is 9.59 Å². The van der Waals surface area contributed by atoms with Crippen molar-refractivity contribution >= 4 is 29.3 Å². The molecular weight excluding hydrogens is 248 g/mol. The van der Waals surface area contributed by atoms with Crippen molar-refractivity contribution < 1.29 is 9.59 Å². The molecule has 0 saturated heterocycles. The number of rotatable bonds is 6. The van der Waals surface area contributed by atoms with Crippen LogP contribution < -0.4 is 5.32 Å². The number of thioether (sulfide) groups is 1. The van der Waals surface area contributed by atoms with E-state index in [-0.39, 0.29) is 18.1 Å². The quantitative estimate of drug-likeness (QED) is 0.804. The topological polar surface area (TPSA) is 59.1 Å². The van der Waals surface area contributed by atoms with E-state index >= 15 is 0 Å². The van der Waals surface area contributed by atoms with E-state index in [1.807, 2.05) is 20.8 Å². The normalized spacial score (nSPS) is 11.1. The summed E-state index contributed by atoms with van der Waals surface area (Å²) in [5, 5.41) is 2.61. The van der Waals surface area contributed by atoms with Crippen LogP contribution >= 0.6 is 11.8 Å². The van der Waals surface area contributed by atoms with Gasteiger partial charge in [0.2, 0.25) is 5.91 Å². The van der Waals surface area contributed by atoms with Crippen molar-refractivity contribution in [2.75, 3.05) is 11.1 Å². The number of nitrogens with zero attached hydrogens (tertiary/aromatic N) is 1. The Balaban J connectivity index is 2.53. The highest BCUT2D eigenvalue weighted by molar-refractivity contribution is 8.01. The molecule has 18 heavy (non-hydrogen) atoms. The summed E-state index contributed by atoms with van der Waals surface area (Å²) < 4.78 is -0.518. The van der Waals surface area contributed by atoms with E-state index < -0.39 is 4.75 Å². The Morgan fingerprint density at radius 2 is 2.11 bits per heavy atom. The highest BCUT2D eigenvalue weighted by Gasteiger charge is 2.28. The van der Waals surface area contributed by atoms with Gasteiger partial charge in [-0.2, -0.15) is 0 Å². The number of carbonyl (C=O) groups excluding carboxylic acids is 2. The molecule has 0 aliphatic carbocycles. The number of hydrogen-bond donors (Lipinski definition) is 1. The molecule has 1 N–H and O–H groups in total. The molecule has 0 radical (unpaired) electrons. The minimum Gasteiger partial charge on any atom is -0.310 e. The number of nitrogens with one attached hydrogen (secondary N) is 1. The van der Waals surface area contributed by atoms with E-state index in [9.17, 15) is 9.59 Å². The van der Waals surface area contributed by atoms with Gasteiger partial charge in [-0.3, -0.25) is 9.59 Å². The van der Waals surface area contributed by atoms with Crippen molar-refractivity contribution in [1.82, 2.24) is 4.98 Å². The summed E-state index contributed by atoms with van der Waals surface area (Å²) in [7, 11) is 0. The van der Waals surface area contributed by atoms with Gasteiger partial charge in [-0.15, -0.1) is 11.8 Å². The van der Waals surface area contributed by atoms with Crippen molar-refractivity contribution in [3.63, 3.8) is 0 Å². The Bertz CT molecular complexity index is 418. The number of pyridine rings is 1. The second-order valence-electron chi connectivity index (χ2n) is 4.31. The summed E-state index contributed by atoms with van der Waals surface area (Å²) in [5.41, 5.74) is 0. The molecule has 1 heterocycles. The molecule has 1 aromatic heterocycles. The van der Waals surface area contributed by atoms with E-state index in [1.54, 1.807) is 36.2 Å².